The van der Waals surface area contributed by atoms with Crippen LogP contribution in [0.1, 0.15) is 52.7 Å². The topological polar surface area (TPSA) is 12.5 Å². The molecule has 0 radical (unpaired) electrons. The third kappa shape index (κ3) is 10.0. The molecule has 0 fully saturated rings. The van der Waals surface area contributed by atoms with Crippen LogP contribution < -0.4 is 9.92 Å². The summed E-state index contributed by atoms with van der Waals surface area (Å²) in [7, 11) is -0.569. The molecule has 0 atom stereocenters. The van der Waals surface area contributed by atoms with E-state index in [-0.39, 0.29) is 10.6 Å². The molecule has 0 aromatic heterocycles. The molecule has 3 heteroatoms. The van der Waals surface area contributed by atoms with E-state index in [1.807, 2.05) is 6.08 Å². The Bertz CT molecular complexity index is 928. The lowest BCUT2D eigenvalue weighted by molar-refractivity contribution is 0.195. The van der Waals surface area contributed by atoms with Gasteiger partial charge in [0.1, 0.15) is 15.3 Å². The van der Waals surface area contributed by atoms with Crippen LogP contribution in [0.4, 0.5) is 0 Å². The number of hydrogen-bond donors (Lipinski definition) is 0. The van der Waals surface area contributed by atoms with Crippen LogP contribution in [0.5, 0.6) is 5.75 Å². The first-order chi connectivity index (χ1) is 14.6. The second-order valence-corrected chi connectivity index (χ2v) is 12.8. The van der Waals surface area contributed by atoms with Crippen molar-refractivity contribution < 1.29 is 4.74 Å². The number of allylic oxidation sites excluding steroid dienone is 1. The summed E-state index contributed by atoms with van der Waals surface area (Å²) in [5.74, 6) is 7.36. The van der Waals surface area contributed by atoms with E-state index in [1.54, 1.807) is 0 Å². The van der Waals surface area contributed by atoms with E-state index in [2.05, 4.69) is 120 Å². The summed E-state index contributed by atoms with van der Waals surface area (Å²) in [6.45, 7) is 18.0. The minimum Gasteiger partial charge on any atom is -0.492 e. The Hall–Kier alpha value is -2.28. The number of aryl methyl sites for hydroxylation is 1. The van der Waals surface area contributed by atoms with Gasteiger partial charge in [0, 0.05) is 18.5 Å². The Morgan fingerprint density at radius 2 is 1.77 bits per heavy atom. The number of ether oxygens (including phenoxy) is 1. The second-order valence-electron chi connectivity index (χ2n) is 9.92. The fourth-order valence-electron chi connectivity index (χ4n) is 3.46. The van der Waals surface area contributed by atoms with E-state index in [4.69, 9.17) is 4.74 Å². The Morgan fingerprint density at radius 1 is 1.03 bits per heavy atom. The van der Waals surface area contributed by atoms with Gasteiger partial charge in [-0.3, -0.25) is 4.90 Å². The van der Waals surface area contributed by atoms with Crippen LogP contribution in [-0.4, -0.2) is 32.7 Å². The van der Waals surface area contributed by atoms with Crippen LogP contribution in [0.25, 0.3) is 0 Å². The Balaban J connectivity index is 1.98. The van der Waals surface area contributed by atoms with Gasteiger partial charge in [-0.25, -0.2) is 0 Å². The van der Waals surface area contributed by atoms with Gasteiger partial charge in [0.2, 0.25) is 0 Å². The van der Waals surface area contributed by atoms with Crippen LogP contribution in [0.2, 0.25) is 0 Å². The molecule has 0 heterocycles. The predicted molar refractivity (Wildman–Crippen MR) is 138 cm³/mol. The molecule has 0 unspecified atom stereocenters. The van der Waals surface area contributed by atoms with E-state index in [9.17, 15) is 0 Å². The molecule has 0 aliphatic heterocycles. The largest absolute Gasteiger partial charge is 0.492 e. The first-order valence-electron chi connectivity index (χ1n) is 11.3. The fourth-order valence-corrected chi connectivity index (χ4v) is 5.36. The number of hydrogen-bond acceptors (Lipinski definition) is 2. The molecular formula is C28H39NOSi. The van der Waals surface area contributed by atoms with Crippen molar-refractivity contribution in [3.05, 3.63) is 71.8 Å². The highest BCUT2D eigenvalue weighted by Gasteiger charge is 2.21. The van der Waals surface area contributed by atoms with Crippen molar-refractivity contribution in [2.24, 2.45) is 5.41 Å². The predicted octanol–water partition coefficient (Wildman–Crippen LogP) is 5.03. The molecule has 2 nitrogen and oxygen atoms in total. The van der Waals surface area contributed by atoms with Crippen molar-refractivity contribution >= 4 is 14.7 Å². The van der Waals surface area contributed by atoms with Gasteiger partial charge in [-0.1, -0.05) is 72.0 Å². The maximum Gasteiger partial charge on any atom is 0.119 e. The second kappa shape index (κ2) is 11.4. The lowest BCUT2D eigenvalue weighted by atomic mass is 9.98. The molecular weight excluding hydrogens is 394 g/mol. The fraction of sp³-hybridized carbons (Fsp3) is 0.429. The van der Waals surface area contributed by atoms with Crippen LogP contribution in [0.15, 0.2) is 60.7 Å². The number of benzene rings is 2. The molecule has 0 saturated heterocycles. The van der Waals surface area contributed by atoms with Gasteiger partial charge in [-0.05, 0) is 71.9 Å². The minimum atomic E-state index is -0.569. The zero-order valence-electron chi connectivity index (χ0n) is 20.5. The number of likely N-dealkylation sites (N-methyl/N-ethyl adjacent to an activating group) is 1. The summed E-state index contributed by atoms with van der Waals surface area (Å²) in [5, 5.41) is 1.31. The van der Waals surface area contributed by atoms with Crippen molar-refractivity contribution in [2.45, 2.75) is 60.2 Å². The van der Waals surface area contributed by atoms with Gasteiger partial charge in [-0.15, -0.1) is 0 Å². The van der Waals surface area contributed by atoms with Gasteiger partial charge in [0.05, 0.1) is 5.22 Å². The zero-order chi connectivity index (χ0) is 22.9. The molecule has 2 aromatic carbocycles. The van der Waals surface area contributed by atoms with E-state index >= 15 is 0 Å². The summed E-state index contributed by atoms with van der Waals surface area (Å²) < 4.78 is 6.46. The zero-order valence-corrected chi connectivity index (χ0v) is 21.9. The van der Waals surface area contributed by atoms with Crippen molar-refractivity contribution in [3.8, 4) is 17.6 Å². The van der Waals surface area contributed by atoms with E-state index in [1.165, 1.54) is 16.3 Å². The Labute approximate surface area is 192 Å². The van der Waals surface area contributed by atoms with Gasteiger partial charge >= 0.3 is 0 Å². The lowest BCUT2D eigenvalue weighted by Crippen LogP contribution is -2.42. The van der Waals surface area contributed by atoms with Crippen molar-refractivity contribution in [3.63, 3.8) is 0 Å². The summed E-state index contributed by atoms with van der Waals surface area (Å²) in [6, 6.07) is 17.4. The maximum atomic E-state index is 6.46. The van der Waals surface area contributed by atoms with Gasteiger partial charge < -0.3 is 4.74 Å². The van der Waals surface area contributed by atoms with E-state index in [0.717, 1.165) is 25.4 Å². The summed E-state index contributed by atoms with van der Waals surface area (Å²) >= 11 is 0. The Kier molecular flexibility index (Phi) is 9.16. The van der Waals surface area contributed by atoms with Crippen LogP contribution in [0, 0.1) is 24.2 Å². The third-order valence-electron chi connectivity index (χ3n) is 4.87. The maximum absolute atomic E-state index is 6.46. The SMILES string of the molecule is CCN(C/C=C/C#CC(C)(C)C)Cc1cccc(OC(C)(C)[SiH2]c2cccc(C)c2)c1. The van der Waals surface area contributed by atoms with E-state index in [0.29, 0.717) is 0 Å². The molecule has 0 bridgehead atoms. The number of nitrogens with zero attached hydrogens (tertiary/aromatic N) is 1. The van der Waals surface area contributed by atoms with Crippen molar-refractivity contribution in [1.29, 1.82) is 0 Å². The standard InChI is InChI=1S/C28H39NOSi/c1-8-29(19-11-9-10-18-27(3,4)5)22-24-15-13-16-25(21-24)30-28(6,7)31-26-17-12-14-23(2)20-26/h9,11-17,20-21H,8,19,22,31H2,1-7H3/b11-9+. The average Bonchev–Trinajstić information content (AvgIpc) is 2.65. The molecule has 166 valence electrons. The summed E-state index contributed by atoms with van der Waals surface area (Å²) in [6.07, 6.45) is 4.13. The minimum absolute atomic E-state index is 0.0468. The highest BCUT2D eigenvalue weighted by atomic mass is 28.2. The quantitative estimate of drug-likeness (QED) is 0.406. The highest BCUT2D eigenvalue weighted by Crippen LogP contribution is 2.20. The molecule has 0 aliphatic rings. The van der Waals surface area contributed by atoms with Crippen molar-refractivity contribution in [1.82, 2.24) is 4.90 Å². The summed E-state index contributed by atoms with van der Waals surface area (Å²) in [4.78, 5) is 2.40. The molecule has 0 amide bonds. The Morgan fingerprint density at radius 3 is 2.45 bits per heavy atom. The molecule has 31 heavy (non-hydrogen) atoms. The highest BCUT2D eigenvalue weighted by molar-refractivity contribution is 6.56. The smallest absolute Gasteiger partial charge is 0.119 e. The van der Waals surface area contributed by atoms with Crippen LogP contribution >= 0.6 is 0 Å². The molecule has 0 aliphatic carbocycles. The third-order valence-corrected chi connectivity index (χ3v) is 6.71. The number of rotatable bonds is 9. The average molecular weight is 434 g/mol. The lowest BCUT2D eigenvalue weighted by Gasteiger charge is -2.27. The van der Waals surface area contributed by atoms with Crippen molar-refractivity contribution in [2.75, 3.05) is 13.1 Å². The molecule has 2 rings (SSSR count). The molecule has 2 aromatic rings. The van der Waals surface area contributed by atoms with Gasteiger partial charge in [0.25, 0.3) is 0 Å². The van der Waals surface area contributed by atoms with Gasteiger partial charge in [-0.2, -0.15) is 0 Å². The van der Waals surface area contributed by atoms with E-state index < -0.39 is 9.52 Å². The van der Waals surface area contributed by atoms with Gasteiger partial charge in [0.15, 0.2) is 0 Å². The normalized spacial score (nSPS) is 12.5. The molecule has 0 N–H and O–H groups in total. The first-order valence-corrected chi connectivity index (χ1v) is 12.7. The van der Waals surface area contributed by atoms with Crippen LogP contribution in [-0.2, 0) is 6.54 Å². The molecule has 0 saturated carbocycles. The summed E-state index contributed by atoms with van der Waals surface area (Å²) in [5.41, 5.74) is 2.65. The van der Waals surface area contributed by atoms with Crippen LogP contribution in [0.3, 0.4) is 0 Å². The first kappa shape index (κ1) is 25.0. The monoisotopic (exact) mass is 433 g/mol. The molecule has 0 spiro atoms.